The van der Waals surface area contributed by atoms with Crippen LogP contribution in [0.5, 0.6) is 0 Å². The van der Waals surface area contributed by atoms with Crippen LogP contribution >= 0.6 is 11.8 Å². The number of carbonyl (C=O) groups excluding carboxylic acids is 1. The fourth-order valence-electron chi connectivity index (χ4n) is 3.36. The zero-order chi connectivity index (χ0) is 18.2. The first-order valence-electron chi connectivity index (χ1n) is 9.30. The monoisotopic (exact) mass is 370 g/mol. The van der Waals surface area contributed by atoms with Crippen LogP contribution in [-0.4, -0.2) is 38.1 Å². The molecule has 0 atom stereocenters. The minimum atomic E-state index is 0.148. The van der Waals surface area contributed by atoms with Crippen molar-refractivity contribution in [1.29, 1.82) is 0 Å². The van der Waals surface area contributed by atoms with Crippen molar-refractivity contribution in [2.75, 3.05) is 12.3 Å². The molecule has 2 aromatic heterocycles. The second-order valence-electron chi connectivity index (χ2n) is 6.91. The van der Waals surface area contributed by atoms with Gasteiger partial charge in [-0.15, -0.1) is 0 Å². The molecule has 0 bridgehead atoms. The van der Waals surface area contributed by atoms with Crippen molar-refractivity contribution >= 4 is 17.7 Å². The van der Waals surface area contributed by atoms with Crippen LogP contribution in [0.25, 0.3) is 0 Å². The van der Waals surface area contributed by atoms with Gasteiger partial charge in [0.1, 0.15) is 0 Å². The van der Waals surface area contributed by atoms with Crippen molar-refractivity contribution in [2.24, 2.45) is 5.92 Å². The Morgan fingerprint density at radius 2 is 2.08 bits per heavy atom. The summed E-state index contributed by atoms with van der Waals surface area (Å²) in [7, 11) is 0. The van der Waals surface area contributed by atoms with E-state index in [-0.39, 0.29) is 5.91 Å². The molecule has 26 heavy (non-hydrogen) atoms. The Bertz CT molecular complexity index is 704. The summed E-state index contributed by atoms with van der Waals surface area (Å²) in [5.41, 5.74) is 2.00. The second kappa shape index (κ2) is 9.67. The Labute approximate surface area is 159 Å². The van der Waals surface area contributed by atoms with Crippen LogP contribution in [0.2, 0.25) is 0 Å². The Kier molecular flexibility index (Phi) is 7.00. The van der Waals surface area contributed by atoms with Crippen LogP contribution in [0, 0.1) is 12.8 Å². The summed E-state index contributed by atoms with van der Waals surface area (Å²) in [5, 5.41) is 0.664. The maximum Gasteiger partial charge on any atom is 0.233 e. The topological polar surface area (TPSA) is 59.0 Å². The largest absolute Gasteiger partial charge is 0.337 e. The molecule has 1 saturated carbocycles. The number of amides is 1. The summed E-state index contributed by atoms with van der Waals surface area (Å²) in [4.78, 5) is 27.7. The van der Waals surface area contributed by atoms with Crippen LogP contribution in [0.3, 0.4) is 0 Å². The van der Waals surface area contributed by atoms with Crippen molar-refractivity contribution in [3.63, 3.8) is 0 Å². The predicted molar refractivity (Wildman–Crippen MR) is 104 cm³/mol. The van der Waals surface area contributed by atoms with E-state index >= 15 is 0 Å². The average molecular weight is 371 g/mol. The summed E-state index contributed by atoms with van der Waals surface area (Å²) < 4.78 is 0. The molecular weight excluding hydrogens is 344 g/mol. The average Bonchev–Trinajstić information content (AvgIpc) is 2.67. The van der Waals surface area contributed by atoms with Crippen LogP contribution in [-0.2, 0) is 11.3 Å². The quantitative estimate of drug-likeness (QED) is 0.547. The molecule has 5 nitrogen and oxygen atoms in total. The highest BCUT2D eigenvalue weighted by Gasteiger charge is 2.21. The first-order valence-corrected chi connectivity index (χ1v) is 10.3. The number of aryl methyl sites for hydroxylation is 1. The smallest absolute Gasteiger partial charge is 0.233 e. The molecule has 1 fully saturated rings. The van der Waals surface area contributed by atoms with Gasteiger partial charge in [-0.05, 0) is 43.4 Å². The van der Waals surface area contributed by atoms with Crippen LogP contribution < -0.4 is 0 Å². The van der Waals surface area contributed by atoms with E-state index in [1.807, 2.05) is 36.2 Å². The van der Waals surface area contributed by atoms with Gasteiger partial charge < -0.3 is 4.90 Å². The molecule has 0 aromatic carbocycles. The molecule has 2 heterocycles. The lowest BCUT2D eigenvalue weighted by atomic mass is 9.89. The summed E-state index contributed by atoms with van der Waals surface area (Å²) >= 11 is 1.41. The van der Waals surface area contributed by atoms with Crippen molar-refractivity contribution in [1.82, 2.24) is 19.9 Å². The Morgan fingerprint density at radius 1 is 1.23 bits per heavy atom. The number of pyridine rings is 1. The van der Waals surface area contributed by atoms with Gasteiger partial charge in [-0.1, -0.05) is 37.1 Å². The molecule has 1 aliphatic rings. The molecule has 3 rings (SSSR count). The minimum absolute atomic E-state index is 0.148. The van der Waals surface area contributed by atoms with Gasteiger partial charge in [0.2, 0.25) is 5.91 Å². The molecule has 0 spiro atoms. The molecule has 6 heteroatoms. The Balaban J connectivity index is 1.63. The maximum atomic E-state index is 12.9. The second-order valence-corrected chi connectivity index (χ2v) is 7.85. The van der Waals surface area contributed by atoms with Crippen LogP contribution in [0.15, 0.2) is 41.9 Å². The van der Waals surface area contributed by atoms with E-state index in [4.69, 9.17) is 0 Å². The van der Waals surface area contributed by atoms with Gasteiger partial charge in [0.15, 0.2) is 5.16 Å². The number of nitrogens with zero attached hydrogens (tertiary/aromatic N) is 4. The van der Waals surface area contributed by atoms with E-state index in [0.717, 1.165) is 17.8 Å². The van der Waals surface area contributed by atoms with Gasteiger partial charge in [-0.25, -0.2) is 9.97 Å². The lowest BCUT2D eigenvalue weighted by molar-refractivity contribution is -0.129. The van der Waals surface area contributed by atoms with Gasteiger partial charge >= 0.3 is 0 Å². The number of rotatable bonds is 7. The zero-order valence-electron chi connectivity index (χ0n) is 15.3. The van der Waals surface area contributed by atoms with Crippen molar-refractivity contribution in [3.8, 4) is 0 Å². The van der Waals surface area contributed by atoms with E-state index in [2.05, 4.69) is 15.0 Å². The lowest BCUT2D eigenvalue weighted by Gasteiger charge is -2.30. The standard InChI is InChI=1S/C20H26N4OS/c1-16-9-11-22-20(23-16)26-15-19(25)24(13-17-6-3-2-4-7-17)14-18-8-5-10-21-12-18/h5,8-12,17H,2-4,6-7,13-15H2,1H3. The van der Waals surface area contributed by atoms with E-state index in [1.54, 1.807) is 12.4 Å². The molecule has 0 N–H and O–H groups in total. The Hall–Kier alpha value is -1.95. The highest BCUT2D eigenvalue weighted by molar-refractivity contribution is 7.99. The third kappa shape index (κ3) is 5.80. The predicted octanol–water partition coefficient (Wildman–Crippen LogP) is 3.88. The third-order valence-corrected chi connectivity index (χ3v) is 5.60. The highest BCUT2D eigenvalue weighted by Crippen LogP contribution is 2.25. The maximum absolute atomic E-state index is 12.9. The van der Waals surface area contributed by atoms with Gasteiger partial charge in [-0.2, -0.15) is 0 Å². The zero-order valence-corrected chi connectivity index (χ0v) is 16.1. The highest BCUT2D eigenvalue weighted by atomic mass is 32.2. The van der Waals surface area contributed by atoms with E-state index in [9.17, 15) is 4.79 Å². The first kappa shape index (κ1) is 18.8. The first-order chi connectivity index (χ1) is 12.7. The number of hydrogen-bond donors (Lipinski definition) is 0. The van der Waals surface area contributed by atoms with Gasteiger partial charge in [0.25, 0.3) is 0 Å². The van der Waals surface area contributed by atoms with Gasteiger partial charge in [0, 0.05) is 37.4 Å². The Morgan fingerprint density at radius 3 is 2.81 bits per heavy atom. The molecule has 2 aromatic rings. The molecule has 0 saturated heterocycles. The van der Waals surface area contributed by atoms with Crippen LogP contribution in [0.1, 0.15) is 43.4 Å². The van der Waals surface area contributed by atoms with E-state index in [1.165, 1.54) is 43.9 Å². The normalized spacial score (nSPS) is 15.0. The molecule has 1 amide bonds. The van der Waals surface area contributed by atoms with E-state index in [0.29, 0.717) is 23.4 Å². The molecule has 0 aliphatic heterocycles. The number of carbonyl (C=O) groups is 1. The minimum Gasteiger partial charge on any atom is -0.337 e. The molecular formula is C20H26N4OS. The summed E-state index contributed by atoms with van der Waals surface area (Å²) in [5.74, 6) is 1.13. The number of thioether (sulfide) groups is 1. The molecule has 0 radical (unpaired) electrons. The van der Waals surface area contributed by atoms with Crippen molar-refractivity contribution in [3.05, 3.63) is 48.0 Å². The SMILES string of the molecule is Cc1ccnc(SCC(=O)N(Cc2cccnc2)CC2CCCCC2)n1. The summed E-state index contributed by atoms with van der Waals surface area (Å²) in [6, 6.07) is 5.82. The lowest BCUT2D eigenvalue weighted by Crippen LogP contribution is -2.36. The third-order valence-electron chi connectivity index (χ3n) is 4.75. The summed E-state index contributed by atoms with van der Waals surface area (Å²) in [6.07, 6.45) is 11.7. The van der Waals surface area contributed by atoms with E-state index < -0.39 is 0 Å². The molecule has 0 unspecified atom stereocenters. The van der Waals surface area contributed by atoms with Gasteiger partial charge in [0.05, 0.1) is 5.75 Å². The van der Waals surface area contributed by atoms with Crippen molar-refractivity contribution < 1.29 is 4.79 Å². The molecule has 138 valence electrons. The van der Waals surface area contributed by atoms with Crippen molar-refractivity contribution in [2.45, 2.75) is 50.7 Å². The number of aromatic nitrogens is 3. The molecule has 1 aliphatic carbocycles. The fourth-order valence-corrected chi connectivity index (χ4v) is 4.14. The summed E-state index contributed by atoms with van der Waals surface area (Å²) in [6.45, 7) is 3.40. The fraction of sp³-hybridized carbons (Fsp3) is 0.500. The number of hydrogen-bond acceptors (Lipinski definition) is 5. The van der Waals surface area contributed by atoms with Crippen LogP contribution in [0.4, 0.5) is 0 Å². The van der Waals surface area contributed by atoms with Gasteiger partial charge in [-0.3, -0.25) is 9.78 Å².